The zero-order valence-electron chi connectivity index (χ0n) is 9.93. The predicted octanol–water partition coefficient (Wildman–Crippen LogP) is 2.26. The summed E-state index contributed by atoms with van der Waals surface area (Å²) in [7, 11) is 0. The average molecular weight is 241 g/mol. The molecule has 1 aliphatic rings. The maximum absolute atomic E-state index is 6.10. The molecule has 1 aliphatic carbocycles. The smallest absolute Gasteiger partial charge is 0.222 e. The number of nitrogens with two attached hydrogens (primary N) is 2. The van der Waals surface area contributed by atoms with E-state index in [1.54, 1.807) is 0 Å². The van der Waals surface area contributed by atoms with E-state index in [4.69, 9.17) is 11.5 Å². The van der Waals surface area contributed by atoms with Gasteiger partial charge in [0.05, 0.1) is 11.4 Å². The van der Waals surface area contributed by atoms with E-state index < -0.39 is 0 Å². The maximum Gasteiger partial charge on any atom is 0.222 e. The SMILES string of the molecule is Nc1nc(Nc2ccccc2)c(N)c(C2CC2)n1. The minimum absolute atomic E-state index is 0.268. The Kier molecular flexibility index (Phi) is 2.51. The Hall–Kier alpha value is -2.30. The van der Waals surface area contributed by atoms with Crippen LogP contribution in [-0.2, 0) is 0 Å². The van der Waals surface area contributed by atoms with Crippen molar-refractivity contribution >= 4 is 23.1 Å². The van der Waals surface area contributed by atoms with Crippen LogP contribution in [0.25, 0.3) is 0 Å². The molecule has 1 fully saturated rings. The van der Waals surface area contributed by atoms with Gasteiger partial charge in [-0.25, -0.2) is 4.98 Å². The van der Waals surface area contributed by atoms with Crippen LogP contribution in [0.5, 0.6) is 0 Å². The third-order valence-electron chi connectivity index (χ3n) is 2.99. The number of hydrogen-bond acceptors (Lipinski definition) is 5. The van der Waals surface area contributed by atoms with Crippen molar-refractivity contribution in [2.24, 2.45) is 0 Å². The van der Waals surface area contributed by atoms with Crippen LogP contribution < -0.4 is 16.8 Å². The molecule has 0 radical (unpaired) electrons. The number of rotatable bonds is 3. The van der Waals surface area contributed by atoms with Crippen LogP contribution in [0.2, 0.25) is 0 Å². The highest BCUT2D eigenvalue weighted by Crippen LogP contribution is 2.43. The lowest BCUT2D eigenvalue weighted by atomic mass is 10.2. The Labute approximate surface area is 105 Å². The Balaban J connectivity index is 1.96. The fourth-order valence-corrected chi connectivity index (χ4v) is 1.93. The van der Waals surface area contributed by atoms with E-state index in [0.29, 0.717) is 17.4 Å². The summed E-state index contributed by atoms with van der Waals surface area (Å²) in [6, 6.07) is 9.76. The number of anilines is 4. The Bertz CT molecular complexity index is 563. The lowest BCUT2D eigenvalue weighted by molar-refractivity contribution is 1.01. The van der Waals surface area contributed by atoms with Crippen LogP contribution in [0.4, 0.5) is 23.1 Å². The number of nitrogens with zero attached hydrogens (tertiary/aromatic N) is 2. The molecule has 1 aromatic carbocycles. The molecule has 92 valence electrons. The molecule has 1 saturated carbocycles. The van der Waals surface area contributed by atoms with Gasteiger partial charge >= 0.3 is 0 Å². The molecule has 0 unspecified atom stereocenters. The predicted molar refractivity (Wildman–Crippen MR) is 72.6 cm³/mol. The fraction of sp³-hybridized carbons (Fsp3) is 0.231. The van der Waals surface area contributed by atoms with Crippen LogP contribution >= 0.6 is 0 Å². The van der Waals surface area contributed by atoms with Gasteiger partial charge in [-0.3, -0.25) is 0 Å². The summed E-state index contributed by atoms with van der Waals surface area (Å²) >= 11 is 0. The zero-order valence-corrected chi connectivity index (χ0v) is 9.93. The van der Waals surface area contributed by atoms with Gasteiger partial charge in [-0.2, -0.15) is 4.98 Å². The topological polar surface area (TPSA) is 89.8 Å². The molecular weight excluding hydrogens is 226 g/mol. The van der Waals surface area contributed by atoms with E-state index in [1.165, 1.54) is 0 Å². The van der Waals surface area contributed by atoms with E-state index in [-0.39, 0.29) is 5.95 Å². The highest BCUT2D eigenvalue weighted by atomic mass is 15.1. The Morgan fingerprint density at radius 2 is 1.78 bits per heavy atom. The van der Waals surface area contributed by atoms with Crippen molar-refractivity contribution in [3.05, 3.63) is 36.0 Å². The summed E-state index contributed by atoms with van der Waals surface area (Å²) in [6.45, 7) is 0. The number of nitrogen functional groups attached to an aromatic ring is 2. The van der Waals surface area contributed by atoms with Crippen molar-refractivity contribution in [2.75, 3.05) is 16.8 Å². The molecule has 0 atom stereocenters. The Morgan fingerprint density at radius 3 is 2.44 bits per heavy atom. The van der Waals surface area contributed by atoms with Gasteiger partial charge in [0.15, 0.2) is 5.82 Å². The molecule has 5 heteroatoms. The first-order valence-corrected chi connectivity index (χ1v) is 5.99. The summed E-state index contributed by atoms with van der Waals surface area (Å²) < 4.78 is 0. The third-order valence-corrected chi connectivity index (χ3v) is 2.99. The van der Waals surface area contributed by atoms with Crippen LogP contribution in [0.3, 0.4) is 0 Å². The highest BCUT2D eigenvalue weighted by Gasteiger charge is 2.29. The van der Waals surface area contributed by atoms with E-state index >= 15 is 0 Å². The quantitative estimate of drug-likeness (QED) is 0.766. The van der Waals surface area contributed by atoms with Gasteiger partial charge in [0.25, 0.3) is 0 Å². The highest BCUT2D eigenvalue weighted by molar-refractivity contribution is 5.72. The number of hydrogen-bond donors (Lipinski definition) is 3. The zero-order chi connectivity index (χ0) is 12.5. The van der Waals surface area contributed by atoms with Gasteiger partial charge in [-0.05, 0) is 25.0 Å². The largest absolute Gasteiger partial charge is 0.394 e. The van der Waals surface area contributed by atoms with Crippen molar-refractivity contribution in [3.8, 4) is 0 Å². The normalized spacial score (nSPS) is 14.4. The van der Waals surface area contributed by atoms with Crippen LogP contribution in [0, 0.1) is 0 Å². The first kappa shape index (κ1) is 10.8. The van der Waals surface area contributed by atoms with E-state index in [2.05, 4.69) is 15.3 Å². The first-order valence-electron chi connectivity index (χ1n) is 5.99. The number of para-hydroxylation sites is 1. The minimum Gasteiger partial charge on any atom is -0.394 e. The first-order chi connectivity index (χ1) is 8.74. The van der Waals surface area contributed by atoms with Gasteiger partial charge in [0.2, 0.25) is 5.95 Å². The summed E-state index contributed by atoms with van der Waals surface area (Å²) in [6.07, 6.45) is 2.26. The molecule has 18 heavy (non-hydrogen) atoms. The fourth-order valence-electron chi connectivity index (χ4n) is 1.93. The van der Waals surface area contributed by atoms with Crippen molar-refractivity contribution < 1.29 is 0 Å². The Morgan fingerprint density at radius 1 is 1.06 bits per heavy atom. The average Bonchev–Trinajstić information content (AvgIpc) is 3.19. The van der Waals surface area contributed by atoms with Gasteiger partial charge in [-0.1, -0.05) is 18.2 Å². The second-order valence-corrected chi connectivity index (χ2v) is 4.49. The summed E-state index contributed by atoms with van der Waals surface area (Å²) in [5.41, 5.74) is 14.2. The lowest BCUT2D eigenvalue weighted by Crippen LogP contribution is -2.08. The molecule has 5 N–H and O–H groups in total. The van der Waals surface area contributed by atoms with E-state index in [9.17, 15) is 0 Å². The van der Waals surface area contributed by atoms with Gasteiger partial charge in [-0.15, -0.1) is 0 Å². The molecule has 3 rings (SSSR count). The van der Waals surface area contributed by atoms with E-state index in [0.717, 1.165) is 24.2 Å². The monoisotopic (exact) mass is 241 g/mol. The van der Waals surface area contributed by atoms with Crippen molar-refractivity contribution in [3.63, 3.8) is 0 Å². The van der Waals surface area contributed by atoms with Gasteiger partial charge < -0.3 is 16.8 Å². The van der Waals surface area contributed by atoms with Crippen LogP contribution in [0.1, 0.15) is 24.5 Å². The van der Waals surface area contributed by atoms with Gasteiger partial charge in [0, 0.05) is 11.6 Å². The number of aromatic nitrogens is 2. The summed E-state index contributed by atoms with van der Waals surface area (Å²) in [4.78, 5) is 8.41. The van der Waals surface area contributed by atoms with Crippen molar-refractivity contribution in [1.29, 1.82) is 0 Å². The van der Waals surface area contributed by atoms with Crippen LogP contribution in [-0.4, -0.2) is 9.97 Å². The standard InChI is InChI=1S/C13H15N5/c14-10-11(8-6-7-8)17-13(15)18-12(10)16-9-4-2-1-3-5-9/h1-5,8H,6-7,14H2,(H3,15,16,17,18). The van der Waals surface area contributed by atoms with Gasteiger partial charge in [0.1, 0.15) is 0 Å². The lowest BCUT2D eigenvalue weighted by Gasteiger charge is -2.11. The van der Waals surface area contributed by atoms with E-state index in [1.807, 2.05) is 30.3 Å². The second kappa shape index (κ2) is 4.18. The summed E-state index contributed by atoms with van der Waals surface area (Å²) in [5.74, 6) is 1.31. The van der Waals surface area contributed by atoms with Crippen molar-refractivity contribution in [1.82, 2.24) is 9.97 Å². The molecule has 0 saturated heterocycles. The van der Waals surface area contributed by atoms with Crippen molar-refractivity contribution in [2.45, 2.75) is 18.8 Å². The third kappa shape index (κ3) is 2.07. The second-order valence-electron chi connectivity index (χ2n) is 4.49. The van der Waals surface area contributed by atoms with Crippen LogP contribution in [0.15, 0.2) is 30.3 Å². The molecule has 1 heterocycles. The molecule has 0 amide bonds. The molecule has 0 bridgehead atoms. The molecule has 0 spiro atoms. The number of nitrogens with one attached hydrogen (secondary N) is 1. The number of benzene rings is 1. The molecule has 5 nitrogen and oxygen atoms in total. The molecule has 0 aliphatic heterocycles. The molecule has 1 aromatic heterocycles. The maximum atomic E-state index is 6.10. The molecule has 2 aromatic rings. The minimum atomic E-state index is 0.268. The summed E-state index contributed by atoms with van der Waals surface area (Å²) in [5, 5.41) is 3.18. The molecular formula is C13H15N5.